The van der Waals surface area contributed by atoms with Gasteiger partial charge in [-0.2, -0.15) is 0 Å². The van der Waals surface area contributed by atoms with E-state index in [1.807, 2.05) is 0 Å². The van der Waals surface area contributed by atoms with Crippen molar-refractivity contribution in [3.8, 4) is 0 Å². The van der Waals surface area contributed by atoms with E-state index in [4.69, 9.17) is 9.47 Å². The molecule has 0 saturated heterocycles. The first-order valence-electron chi connectivity index (χ1n) is 20.3. The van der Waals surface area contributed by atoms with Gasteiger partial charge in [0.05, 0.1) is 0 Å². The van der Waals surface area contributed by atoms with Crippen molar-refractivity contribution >= 4 is 11.9 Å². The zero-order valence-corrected chi connectivity index (χ0v) is 31.4. The first kappa shape index (κ1) is 45.3. The Kier molecular flexibility index (Phi) is 33.0. The molecule has 0 aromatic carbocycles. The molecule has 7 heteroatoms. The van der Waals surface area contributed by atoms with E-state index in [2.05, 4.69) is 13.8 Å². The molecule has 1 atom stereocenters. The van der Waals surface area contributed by atoms with Gasteiger partial charge in [-0.05, 0) is 19.8 Å². The number of esters is 2. The zero-order valence-electron chi connectivity index (χ0n) is 31.4. The number of unbranched alkanes of at least 4 members (excludes halogenated alkanes) is 28. The van der Waals surface area contributed by atoms with E-state index in [-0.39, 0.29) is 19.0 Å². The van der Waals surface area contributed by atoms with Crippen molar-refractivity contribution in [2.45, 2.75) is 232 Å². The largest absolute Gasteiger partial charge is 0.461 e. The van der Waals surface area contributed by atoms with Crippen molar-refractivity contribution in [2.24, 2.45) is 0 Å². The van der Waals surface area contributed by atoms with Crippen LogP contribution >= 0.6 is 0 Å². The van der Waals surface area contributed by atoms with Gasteiger partial charge in [-0.1, -0.05) is 194 Å². The topological polar surface area (TPSA) is 95.7 Å². The van der Waals surface area contributed by atoms with Gasteiger partial charge in [-0.25, -0.2) is 0 Å². The molecule has 0 spiro atoms. The van der Waals surface area contributed by atoms with Crippen molar-refractivity contribution < 1.29 is 24.0 Å². The van der Waals surface area contributed by atoms with Gasteiger partial charge >= 0.3 is 11.9 Å². The lowest BCUT2D eigenvalue weighted by Gasteiger charge is -2.25. The molecule has 0 aromatic rings. The van der Waals surface area contributed by atoms with E-state index in [1.165, 1.54) is 161 Å². The Hall–Kier alpha value is -1.66. The summed E-state index contributed by atoms with van der Waals surface area (Å²) in [6.45, 7) is 5.15. The number of ether oxygens (including phenoxy) is 2. The third-order valence-electron chi connectivity index (χ3n) is 9.33. The summed E-state index contributed by atoms with van der Waals surface area (Å²) in [6, 6.07) is 0. The number of hydrogen-bond acceptors (Lipinski definition) is 6. The monoisotopic (exact) mass is 668 g/mol. The second kappa shape index (κ2) is 34.2. The lowest BCUT2D eigenvalue weighted by molar-refractivity contribution is -0.500. The molecule has 0 N–H and O–H groups in total. The molecular formula is C40H77NO6. The first-order chi connectivity index (χ1) is 22.8. The fourth-order valence-corrected chi connectivity index (χ4v) is 6.29. The maximum atomic E-state index is 12.5. The number of hydrogen-bond donors (Lipinski definition) is 0. The third-order valence-corrected chi connectivity index (χ3v) is 9.33. The summed E-state index contributed by atoms with van der Waals surface area (Å²) in [6.07, 6.45) is 38.1. The minimum Gasteiger partial charge on any atom is -0.461 e. The normalized spacial score (nSPS) is 12.6. The Morgan fingerprint density at radius 3 is 1.06 bits per heavy atom. The van der Waals surface area contributed by atoms with Crippen LogP contribution in [0.15, 0.2) is 0 Å². The van der Waals surface area contributed by atoms with Gasteiger partial charge in [0.15, 0.2) is 0 Å². The molecule has 0 saturated carbocycles. The predicted molar refractivity (Wildman–Crippen MR) is 196 cm³/mol. The first-order valence-corrected chi connectivity index (χ1v) is 20.3. The molecule has 0 aliphatic heterocycles. The average molecular weight is 668 g/mol. The van der Waals surface area contributed by atoms with Crippen LogP contribution in [0.4, 0.5) is 0 Å². The molecule has 0 aliphatic rings. The summed E-state index contributed by atoms with van der Waals surface area (Å²) in [5.74, 6) is -0.838. The third kappa shape index (κ3) is 34.0. The van der Waals surface area contributed by atoms with Crippen LogP contribution in [0.25, 0.3) is 0 Å². The Morgan fingerprint density at radius 1 is 0.489 bits per heavy atom. The summed E-state index contributed by atoms with van der Waals surface area (Å²) >= 11 is 0. The highest BCUT2D eigenvalue weighted by atomic mass is 16.6. The zero-order chi connectivity index (χ0) is 34.7. The van der Waals surface area contributed by atoms with Gasteiger partial charge in [0.1, 0.15) is 6.61 Å². The second-order valence-corrected chi connectivity index (χ2v) is 14.5. The highest BCUT2D eigenvalue weighted by molar-refractivity contribution is 5.70. The average Bonchev–Trinajstić information content (AvgIpc) is 3.03. The van der Waals surface area contributed by atoms with Crippen molar-refractivity contribution in [3.05, 3.63) is 10.1 Å². The number of carbonyl (C=O) groups excluding carboxylic acids is 2. The van der Waals surface area contributed by atoms with Crippen LogP contribution in [-0.2, 0) is 19.1 Å². The van der Waals surface area contributed by atoms with Crippen molar-refractivity contribution in [1.29, 1.82) is 0 Å². The molecule has 0 aliphatic carbocycles. The van der Waals surface area contributed by atoms with E-state index >= 15 is 0 Å². The molecule has 0 radical (unpaired) electrons. The number of nitro groups is 1. The van der Waals surface area contributed by atoms with Gasteiger partial charge in [0, 0.05) is 17.8 Å². The number of rotatable bonds is 37. The van der Waals surface area contributed by atoms with Crippen LogP contribution in [0.1, 0.15) is 226 Å². The van der Waals surface area contributed by atoms with Crippen molar-refractivity contribution in [2.75, 3.05) is 13.2 Å². The van der Waals surface area contributed by atoms with E-state index in [0.29, 0.717) is 12.8 Å². The molecule has 0 rings (SSSR count). The fraction of sp³-hybridized carbons (Fsp3) is 0.950. The Labute approximate surface area is 290 Å². The van der Waals surface area contributed by atoms with Gasteiger partial charge in [-0.3, -0.25) is 19.7 Å². The smallest absolute Gasteiger partial charge is 0.306 e. The van der Waals surface area contributed by atoms with Gasteiger partial charge in [-0.15, -0.1) is 0 Å². The Bertz CT molecular complexity index is 730. The SMILES string of the molecule is CCCCCCCCCCCCCCCCCC(=O)OC[C@](C)(C[N+](=O)[O-])OC(=O)CCCCCCCCCCCCCCCCC. The van der Waals surface area contributed by atoms with Crippen molar-refractivity contribution in [1.82, 2.24) is 0 Å². The predicted octanol–water partition coefficient (Wildman–Crippen LogP) is 12.6. The molecule has 0 fully saturated rings. The molecule has 47 heavy (non-hydrogen) atoms. The van der Waals surface area contributed by atoms with Crippen molar-refractivity contribution in [3.63, 3.8) is 0 Å². The molecule has 0 heterocycles. The standard InChI is InChI=1S/C40H77NO6/c1-4-6-8-10-12-14-16-18-20-22-24-26-28-30-32-34-38(42)46-37-40(3,36-41(44)45)47-39(43)35-33-31-29-27-25-23-21-19-17-15-13-11-9-7-5-2/h4-37H2,1-3H3/t40-/m0/s1. The lowest BCUT2D eigenvalue weighted by Crippen LogP contribution is -2.43. The summed E-state index contributed by atoms with van der Waals surface area (Å²) in [5, 5.41) is 11.3. The molecule has 0 amide bonds. The molecular weight excluding hydrogens is 590 g/mol. The molecule has 0 bridgehead atoms. The van der Waals surface area contributed by atoms with E-state index in [9.17, 15) is 19.7 Å². The van der Waals surface area contributed by atoms with Crippen LogP contribution in [0, 0.1) is 10.1 Å². The van der Waals surface area contributed by atoms with Crippen LogP contribution in [0.2, 0.25) is 0 Å². The summed E-state index contributed by atoms with van der Waals surface area (Å²) in [5.41, 5.74) is -1.44. The molecule has 0 aromatic heterocycles. The Balaban J connectivity index is 3.84. The minimum atomic E-state index is -1.44. The minimum absolute atomic E-state index is 0.235. The van der Waals surface area contributed by atoms with Crippen LogP contribution < -0.4 is 0 Å². The number of carbonyl (C=O) groups is 2. The summed E-state index contributed by atoms with van der Waals surface area (Å²) in [4.78, 5) is 35.5. The second-order valence-electron chi connectivity index (χ2n) is 14.5. The maximum Gasteiger partial charge on any atom is 0.306 e. The summed E-state index contributed by atoms with van der Waals surface area (Å²) in [7, 11) is 0. The Morgan fingerprint density at radius 2 is 0.766 bits per heavy atom. The highest BCUT2D eigenvalue weighted by Gasteiger charge is 2.36. The molecule has 0 unspecified atom stereocenters. The lowest BCUT2D eigenvalue weighted by atomic mass is 10.0. The maximum absolute atomic E-state index is 12.5. The number of nitrogens with zero attached hydrogens (tertiary/aromatic N) is 1. The van der Waals surface area contributed by atoms with Crippen LogP contribution in [-0.4, -0.2) is 35.6 Å². The molecule has 278 valence electrons. The van der Waals surface area contributed by atoms with Crippen LogP contribution in [0.3, 0.4) is 0 Å². The molecule has 7 nitrogen and oxygen atoms in total. The van der Waals surface area contributed by atoms with Gasteiger partial charge in [0.2, 0.25) is 12.1 Å². The van der Waals surface area contributed by atoms with E-state index < -0.39 is 23.0 Å². The van der Waals surface area contributed by atoms with E-state index in [0.717, 1.165) is 32.1 Å². The van der Waals surface area contributed by atoms with E-state index in [1.54, 1.807) is 0 Å². The fourth-order valence-electron chi connectivity index (χ4n) is 6.29. The quantitative estimate of drug-likeness (QED) is 0.0283. The van der Waals surface area contributed by atoms with Gasteiger partial charge in [0.25, 0.3) is 0 Å². The highest BCUT2D eigenvalue weighted by Crippen LogP contribution is 2.18. The summed E-state index contributed by atoms with van der Waals surface area (Å²) < 4.78 is 10.8. The van der Waals surface area contributed by atoms with Crippen LogP contribution in [0.5, 0.6) is 0 Å². The van der Waals surface area contributed by atoms with Gasteiger partial charge < -0.3 is 9.47 Å².